The smallest absolute Gasteiger partial charge is 0.165 e. The number of benzene rings is 1. The average molecular weight is 280 g/mol. The van der Waals surface area contributed by atoms with Crippen molar-refractivity contribution in [1.82, 2.24) is 14.8 Å². The highest BCUT2D eigenvalue weighted by Gasteiger charge is 2.09. The Balaban J connectivity index is 2.10. The average Bonchev–Trinajstić information content (AvgIpc) is 2.85. The van der Waals surface area contributed by atoms with Crippen molar-refractivity contribution < 1.29 is 9.53 Å². The first kappa shape index (κ1) is 13.5. The Hall–Kier alpha value is -1.88. The summed E-state index contributed by atoms with van der Waals surface area (Å²) in [6, 6.07) is 5.11. The Morgan fingerprint density at radius 2 is 2.26 bits per heavy atom. The number of carbonyl (C=O) groups excluding carboxylic acids is 1. The molecule has 5 nitrogen and oxygen atoms in total. The number of rotatable bonds is 5. The van der Waals surface area contributed by atoms with E-state index in [-0.39, 0.29) is 12.6 Å². The second kappa shape index (κ2) is 5.84. The van der Waals surface area contributed by atoms with Gasteiger partial charge in [0, 0.05) is 11.6 Å². The normalized spacial score (nSPS) is 10.7. The molecule has 2 rings (SSSR count). The molecule has 1 heterocycles. The molecular formula is C13H14ClN3O2. The highest BCUT2D eigenvalue weighted by atomic mass is 35.5. The second-order valence-electron chi connectivity index (χ2n) is 4.31. The summed E-state index contributed by atoms with van der Waals surface area (Å²) in [5, 5.41) is 4.53. The van der Waals surface area contributed by atoms with Crippen molar-refractivity contribution in [2.45, 2.75) is 26.5 Å². The minimum absolute atomic E-state index is 0.217. The Kier molecular flexibility index (Phi) is 4.16. The van der Waals surface area contributed by atoms with Crippen molar-refractivity contribution >= 4 is 17.9 Å². The van der Waals surface area contributed by atoms with Crippen molar-refractivity contribution in [3.63, 3.8) is 0 Å². The van der Waals surface area contributed by atoms with E-state index >= 15 is 0 Å². The van der Waals surface area contributed by atoms with Crippen LogP contribution in [-0.2, 0) is 6.61 Å². The minimum Gasteiger partial charge on any atom is -0.484 e. The van der Waals surface area contributed by atoms with Gasteiger partial charge in [0.25, 0.3) is 0 Å². The standard InChI is InChI=1S/C13H14ClN3O2/c1-9(2)17-13(15-8-16-17)7-19-12-4-3-10(6-18)5-11(12)14/h3-6,8-9H,7H2,1-2H3. The number of hydrogen-bond donors (Lipinski definition) is 0. The van der Waals surface area contributed by atoms with E-state index < -0.39 is 0 Å². The zero-order valence-electron chi connectivity index (χ0n) is 10.7. The van der Waals surface area contributed by atoms with Crippen molar-refractivity contribution in [3.8, 4) is 5.75 Å². The van der Waals surface area contributed by atoms with Gasteiger partial charge < -0.3 is 4.74 Å². The van der Waals surface area contributed by atoms with Crippen LogP contribution in [0.2, 0.25) is 5.02 Å². The maximum Gasteiger partial charge on any atom is 0.165 e. The van der Waals surface area contributed by atoms with Crippen molar-refractivity contribution in [3.05, 3.63) is 40.9 Å². The van der Waals surface area contributed by atoms with Crippen LogP contribution in [0.3, 0.4) is 0 Å². The van der Waals surface area contributed by atoms with Crippen LogP contribution in [0.5, 0.6) is 5.75 Å². The van der Waals surface area contributed by atoms with Gasteiger partial charge >= 0.3 is 0 Å². The summed E-state index contributed by atoms with van der Waals surface area (Å²) in [6.45, 7) is 4.31. The molecule has 2 aromatic rings. The van der Waals surface area contributed by atoms with Gasteiger partial charge in [0.2, 0.25) is 0 Å². The maximum absolute atomic E-state index is 10.6. The highest BCUT2D eigenvalue weighted by Crippen LogP contribution is 2.25. The molecule has 0 fully saturated rings. The first-order valence-corrected chi connectivity index (χ1v) is 6.25. The molecule has 0 unspecified atom stereocenters. The lowest BCUT2D eigenvalue weighted by molar-refractivity contribution is 0.112. The molecule has 0 N–H and O–H groups in total. The molecule has 0 saturated carbocycles. The Labute approximate surface area is 116 Å². The van der Waals surface area contributed by atoms with Gasteiger partial charge in [0.1, 0.15) is 25.0 Å². The van der Waals surface area contributed by atoms with E-state index in [4.69, 9.17) is 16.3 Å². The van der Waals surface area contributed by atoms with Crippen molar-refractivity contribution in [1.29, 1.82) is 0 Å². The van der Waals surface area contributed by atoms with Crippen molar-refractivity contribution in [2.75, 3.05) is 0 Å². The zero-order chi connectivity index (χ0) is 13.8. The van der Waals surface area contributed by atoms with Crippen LogP contribution in [-0.4, -0.2) is 21.1 Å². The molecule has 0 aliphatic carbocycles. The van der Waals surface area contributed by atoms with Crippen LogP contribution in [0.1, 0.15) is 36.1 Å². The molecule has 1 aromatic carbocycles. The molecule has 0 bridgehead atoms. The molecule has 0 amide bonds. The van der Waals surface area contributed by atoms with Gasteiger partial charge in [-0.3, -0.25) is 4.79 Å². The fourth-order valence-corrected chi connectivity index (χ4v) is 1.90. The lowest BCUT2D eigenvalue weighted by atomic mass is 10.2. The molecule has 1 aromatic heterocycles. The lowest BCUT2D eigenvalue weighted by Gasteiger charge is -2.11. The van der Waals surface area contributed by atoms with Gasteiger partial charge in [-0.1, -0.05) is 11.6 Å². The van der Waals surface area contributed by atoms with Gasteiger partial charge in [0.15, 0.2) is 5.82 Å². The van der Waals surface area contributed by atoms with Crippen LogP contribution in [0, 0.1) is 0 Å². The predicted octanol–water partition coefficient (Wildman–Crippen LogP) is 2.90. The molecule has 19 heavy (non-hydrogen) atoms. The van der Waals surface area contributed by atoms with Crippen LogP contribution >= 0.6 is 11.6 Å². The molecule has 100 valence electrons. The quantitative estimate of drug-likeness (QED) is 0.790. The molecule has 0 atom stereocenters. The van der Waals surface area contributed by atoms with E-state index in [2.05, 4.69) is 10.1 Å². The van der Waals surface area contributed by atoms with Crippen LogP contribution < -0.4 is 4.74 Å². The van der Waals surface area contributed by atoms with E-state index in [1.165, 1.54) is 6.33 Å². The number of nitrogens with zero attached hydrogens (tertiary/aromatic N) is 3. The van der Waals surface area contributed by atoms with E-state index in [0.717, 1.165) is 12.1 Å². The van der Waals surface area contributed by atoms with Gasteiger partial charge in [-0.05, 0) is 32.0 Å². The minimum atomic E-state index is 0.217. The van der Waals surface area contributed by atoms with E-state index in [1.807, 2.05) is 13.8 Å². The molecule has 6 heteroatoms. The maximum atomic E-state index is 10.6. The molecule has 0 aliphatic heterocycles. The number of hydrogen-bond acceptors (Lipinski definition) is 4. The predicted molar refractivity (Wildman–Crippen MR) is 71.6 cm³/mol. The molecule has 0 aliphatic rings. The third kappa shape index (κ3) is 3.12. The van der Waals surface area contributed by atoms with Crippen LogP contribution in [0.4, 0.5) is 0 Å². The second-order valence-corrected chi connectivity index (χ2v) is 4.72. The number of aldehydes is 1. The molecule has 0 saturated heterocycles. The summed E-state index contributed by atoms with van der Waals surface area (Å²) in [4.78, 5) is 14.8. The summed E-state index contributed by atoms with van der Waals surface area (Å²) in [6.07, 6.45) is 2.24. The Morgan fingerprint density at radius 1 is 1.47 bits per heavy atom. The van der Waals surface area contributed by atoms with Gasteiger partial charge in [-0.25, -0.2) is 9.67 Å². The van der Waals surface area contributed by atoms with Gasteiger partial charge in [0.05, 0.1) is 5.02 Å². The lowest BCUT2D eigenvalue weighted by Crippen LogP contribution is -2.10. The highest BCUT2D eigenvalue weighted by molar-refractivity contribution is 6.32. The topological polar surface area (TPSA) is 57.0 Å². The largest absolute Gasteiger partial charge is 0.484 e. The Bertz CT molecular complexity index is 581. The first-order valence-electron chi connectivity index (χ1n) is 5.87. The van der Waals surface area contributed by atoms with Crippen LogP contribution in [0.25, 0.3) is 0 Å². The number of aromatic nitrogens is 3. The van der Waals surface area contributed by atoms with E-state index in [9.17, 15) is 4.79 Å². The number of ether oxygens (including phenoxy) is 1. The first-order chi connectivity index (χ1) is 9.11. The summed E-state index contributed by atoms with van der Waals surface area (Å²) in [5.41, 5.74) is 0.516. The summed E-state index contributed by atoms with van der Waals surface area (Å²) >= 11 is 6.02. The fraction of sp³-hybridized carbons (Fsp3) is 0.308. The summed E-state index contributed by atoms with van der Waals surface area (Å²) < 4.78 is 7.39. The monoisotopic (exact) mass is 279 g/mol. The van der Waals surface area contributed by atoms with E-state index in [0.29, 0.717) is 16.3 Å². The third-order valence-electron chi connectivity index (χ3n) is 2.59. The van der Waals surface area contributed by atoms with Crippen LogP contribution in [0.15, 0.2) is 24.5 Å². The molecule has 0 radical (unpaired) electrons. The number of carbonyl (C=O) groups is 1. The molecular weight excluding hydrogens is 266 g/mol. The summed E-state index contributed by atoms with van der Waals surface area (Å²) in [7, 11) is 0. The van der Waals surface area contributed by atoms with Gasteiger partial charge in [-0.15, -0.1) is 0 Å². The van der Waals surface area contributed by atoms with Gasteiger partial charge in [-0.2, -0.15) is 5.10 Å². The van der Waals surface area contributed by atoms with Crippen molar-refractivity contribution in [2.24, 2.45) is 0 Å². The fourth-order valence-electron chi connectivity index (χ4n) is 1.66. The third-order valence-corrected chi connectivity index (χ3v) is 2.88. The van der Waals surface area contributed by atoms with E-state index in [1.54, 1.807) is 22.9 Å². The Morgan fingerprint density at radius 3 is 2.89 bits per heavy atom. The zero-order valence-corrected chi connectivity index (χ0v) is 11.5. The SMILES string of the molecule is CC(C)n1ncnc1COc1ccc(C=O)cc1Cl. The summed E-state index contributed by atoms with van der Waals surface area (Å²) in [5.74, 6) is 1.25. The number of halogens is 1. The molecule has 0 spiro atoms.